The summed E-state index contributed by atoms with van der Waals surface area (Å²) < 4.78 is 10.6. The SMILES string of the molecule is CCN(C)CCc1cccc(-n2nc(C(C)(C)C)cc2NC(=O)N[C@H]2CC[C@@H](Oc3ccc4nnc(N5CCCC[C@@H]5C)n4c3)c3ccccc32)c1. The molecule has 1 fully saturated rings. The third-order valence-corrected chi connectivity index (χ3v) is 10.6. The Morgan fingerprint density at radius 1 is 0.981 bits per heavy atom. The third kappa shape index (κ3) is 7.65. The van der Waals surface area contributed by atoms with Crippen LogP contribution in [0.15, 0.2) is 72.9 Å². The highest BCUT2D eigenvalue weighted by Crippen LogP contribution is 2.39. The van der Waals surface area contributed by atoms with Gasteiger partial charge in [0.2, 0.25) is 5.95 Å². The molecule has 3 aromatic heterocycles. The van der Waals surface area contributed by atoms with Crippen LogP contribution in [0.5, 0.6) is 5.75 Å². The number of ether oxygens (including phenoxy) is 1. The molecule has 2 amide bonds. The zero-order chi connectivity index (χ0) is 36.4. The number of piperidine rings is 1. The van der Waals surface area contributed by atoms with E-state index in [0.717, 1.165) is 91.6 Å². The molecule has 0 unspecified atom stereocenters. The minimum atomic E-state index is -0.265. The topological polar surface area (TPSA) is 105 Å². The molecule has 0 bridgehead atoms. The summed E-state index contributed by atoms with van der Waals surface area (Å²) in [5.41, 5.74) is 5.83. The first-order valence-corrected chi connectivity index (χ1v) is 18.9. The number of urea groups is 1. The number of anilines is 2. The van der Waals surface area contributed by atoms with E-state index in [2.05, 4.69) is 107 Å². The van der Waals surface area contributed by atoms with Gasteiger partial charge in [0.25, 0.3) is 0 Å². The summed E-state index contributed by atoms with van der Waals surface area (Å²) in [7, 11) is 2.14. The standard InChI is InChI=1S/C41H53N9O2/c1-7-47(6)24-22-29-14-12-15-30(25-29)50-38(26-36(46-50)41(3,4)5)43-39(51)42-34-19-20-35(33-17-9-8-16-32(33)34)52-31-18-21-37-44-45-40(49(37)27-31)48-23-11-10-13-28(48)2/h8-9,12,14-18,21,25-28,34-35H,7,10-11,13,19-20,22-24H2,1-6H3,(H2,42,43,51)/t28-,34-,35+/m0/s1. The number of nitrogens with zero attached hydrogens (tertiary/aromatic N) is 7. The van der Waals surface area contributed by atoms with Crippen LogP contribution in [0.25, 0.3) is 11.3 Å². The van der Waals surface area contributed by atoms with Crippen LogP contribution in [0.3, 0.4) is 0 Å². The second-order valence-electron chi connectivity index (χ2n) is 15.5. The van der Waals surface area contributed by atoms with Crippen molar-refractivity contribution in [3.8, 4) is 11.4 Å². The van der Waals surface area contributed by atoms with Gasteiger partial charge in [-0.2, -0.15) is 5.10 Å². The molecule has 11 nitrogen and oxygen atoms in total. The molecular weight excluding hydrogens is 651 g/mol. The van der Waals surface area contributed by atoms with E-state index in [1.807, 2.05) is 47.3 Å². The molecule has 2 aromatic carbocycles. The molecule has 11 heteroatoms. The predicted molar refractivity (Wildman–Crippen MR) is 207 cm³/mol. The molecule has 2 aliphatic rings. The van der Waals surface area contributed by atoms with Crippen LogP contribution in [-0.2, 0) is 11.8 Å². The van der Waals surface area contributed by atoms with Gasteiger partial charge in [0.1, 0.15) is 17.7 Å². The zero-order valence-electron chi connectivity index (χ0n) is 31.5. The summed E-state index contributed by atoms with van der Waals surface area (Å²) in [5, 5.41) is 20.4. The van der Waals surface area contributed by atoms with Crippen LogP contribution < -0.4 is 20.3 Å². The Morgan fingerprint density at radius 2 is 1.81 bits per heavy atom. The Balaban J connectivity index is 1.08. The highest BCUT2D eigenvalue weighted by molar-refractivity contribution is 5.89. The lowest BCUT2D eigenvalue weighted by molar-refractivity contribution is 0.171. The number of hydrogen-bond donors (Lipinski definition) is 2. The Bertz CT molecular complexity index is 2010. The first-order valence-electron chi connectivity index (χ1n) is 18.9. The van der Waals surface area contributed by atoms with Crippen LogP contribution in [0, 0.1) is 0 Å². The highest BCUT2D eigenvalue weighted by Gasteiger charge is 2.31. The maximum absolute atomic E-state index is 13.7. The molecule has 274 valence electrons. The number of carbonyl (C=O) groups is 1. The van der Waals surface area contributed by atoms with E-state index >= 15 is 0 Å². The van der Waals surface area contributed by atoms with Gasteiger partial charge in [0.05, 0.1) is 23.6 Å². The van der Waals surface area contributed by atoms with Crippen LogP contribution in [0.4, 0.5) is 16.6 Å². The van der Waals surface area contributed by atoms with Crippen molar-refractivity contribution in [2.24, 2.45) is 0 Å². The quantitative estimate of drug-likeness (QED) is 0.153. The zero-order valence-corrected chi connectivity index (χ0v) is 31.5. The number of carbonyl (C=O) groups excluding carboxylic acids is 1. The number of likely N-dealkylation sites (N-methyl/N-ethyl adjacent to an activating group) is 1. The summed E-state index contributed by atoms with van der Waals surface area (Å²) in [6, 6.07) is 22.6. The number of benzene rings is 2. The average molecular weight is 704 g/mol. The normalized spacial score (nSPS) is 19.1. The van der Waals surface area contributed by atoms with Gasteiger partial charge in [-0.3, -0.25) is 9.72 Å². The van der Waals surface area contributed by atoms with E-state index in [1.54, 1.807) is 0 Å². The number of aromatic nitrogens is 5. The molecule has 1 aliphatic heterocycles. The van der Waals surface area contributed by atoms with Crippen molar-refractivity contribution < 1.29 is 9.53 Å². The highest BCUT2D eigenvalue weighted by atomic mass is 16.5. The molecule has 52 heavy (non-hydrogen) atoms. The molecule has 1 saturated heterocycles. The molecule has 7 rings (SSSR count). The van der Waals surface area contributed by atoms with E-state index in [4.69, 9.17) is 9.84 Å². The van der Waals surface area contributed by atoms with Gasteiger partial charge in [-0.25, -0.2) is 9.48 Å². The van der Waals surface area contributed by atoms with Crippen molar-refractivity contribution >= 4 is 23.4 Å². The van der Waals surface area contributed by atoms with Gasteiger partial charge in [-0.05, 0) is 100.0 Å². The monoisotopic (exact) mass is 703 g/mol. The smallest absolute Gasteiger partial charge is 0.320 e. The van der Waals surface area contributed by atoms with Gasteiger partial charge >= 0.3 is 6.03 Å². The second-order valence-corrected chi connectivity index (χ2v) is 15.5. The minimum Gasteiger partial charge on any atom is -0.484 e. The van der Waals surface area contributed by atoms with Crippen molar-refractivity contribution in [1.29, 1.82) is 0 Å². The van der Waals surface area contributed by atoms with E-state index in [1.165, 1.54) is 12.0 Å². The third-order valence-electron chi connectivity index (χ3n) is 10.6. The largest absolute Gasteiger partial charge is 0.484 e. The summed E-state index contributed by atoms with van der Waals surface area (Å²) in [4.78, 5) is 18.4. The number of pyridine rings is 1. The van der Waals surface area contributed by atoms with Gasteiger partial charge < -0.3 is 19.9 Å². The lowest BCUT2D eigenvalue weighted by Crippen LogP contribution is -2.38. The molecule has 3 atom stereocenters. The lowest BCUT2D eigenvalue weighted by atomic mass is 9.85. The molecule has 4 heterocycles. The number of hydrogen-bond acceptors (Lipinski definition) is 7. The molecule has 5 aromatic rings. The number of rotatable bonds is 10. The van der Waals surface area contributed by atoms with Gasteiger partial charge in [0.15, 0.2) is 5.65 Å². The number of fused-ring (bicyclic) bond motifs is 2. The van der Waals surface area contributed by atoms with Gasteiger partial charge in [-0.15, -0.1) is 10.2 Å². The van der Waals surface area contributed by atoms with Crippen molar-refractivity contribution in [2.45, 2.75) is 96.7 Å². The average Bonchev–Trinajstić information content (AvgIpc) is 3.76. The van der Waals surface area contributed by atoms with Crippen molar-refractivity contribution in [3.63, 3.8) is 0 Å². The number of nitrogens with one attached hydrogen (secondary N) is 2. The van der Waals surface area contributed by atoms with E-state index < -0.39 is 0 Å². The predicted octanol–water partition coefficient (Wildman–Crippen LogP) is 7.86. The first kappa shape index (κ1) is 35.5. The first-order chi connectivity index (χ1) is 25.1. The Hall–Kier alpha value is -4.90. The van der Waals surface area contributed by atoms with Crippen LogP contribution in [-0.4, -0.2) is 68.0 Å². The fourth-order valence-electron chi connectivity index (χ4n) is 7.37. The Morgan fingerprint density at radius 3 is 2.60 bits per heavy atom. The van der Waals surface area contributed by atoms with E-state index in [-0.39, 0.29) is 23.6 Å². The summed E-state index contributed by atoms with van der Waals surface area (Å²) >= 11 is 0. The minimum absolute atomic E-state index is 0.149. The fraction of sp³-hybridized carbons (Fsp3) is 0.463. The Labute approximate surface area is 307 Å². The van der Waals surface area contributed by atoms with E-state index in [9.17, 15) is 4.79 Å². The fourth-order valence-corrected chi connectivity index (χ4v) is 7.37. The molecule has 0 radical (unpaired) electrons. The molecular formula is C41H53N9O2. The lowest BCUT2D eigenvalue weighted by Gasteiger charge is -2.33. The Kier molecular flexibility index (Phi) is 10.2. The maximum atomic E-state index is 13.7. The van der Waals surface area contributed by atoms with Crippen LogP contribution >= 0.6 is 0 Å². The van der Waals surface area contributed by atoms with Crippen molar-refractivity contribution in [3.05, 3.63) is 95.3 Å². The molecule has 0 saturated carbocycles. The summed E-state index contributed by atoms with van der Waals surface area (Å²) in [6.07, 6.45) is 7.86. The molecule has 1 aliphatic carbocycles. The van der Waals surface area contributed by atoms with Crippen molar-refractivity contribution in [2.75, 3.05) is 36.9 Å². The molecule has 0 spiro atoms. The van der Waals surface area contributed by atoms with Crippen LogP contribution in [0.2, 0.25) is 0 Å². The second kappa shape index (κ2) is 15.0. The van der Waals surface area contributed by atoms with Gasteiger partial charge in [0, 0.05) is 30.6 Å². The van der Waals surface area contributed by atoms with Crippen LogP contribution in [0.1, 0.15) is 101 Å². The number of amides is 2. The summed E-state index contributed by atoms with van der Waals surface area (Å²) in [5.74, 6) is 2.28. The van der Waals surface area contributed by atoms with E-state index in [0.29, 0.717) is 11.9 Å². The van der Waals surface area contributed by atoms with Gasteiger partial charge in [-0.1, -0.05) is 64.1 Å². The summed E-state index contributed by atoms with van der Waals surface area (Å²) in [6.45, 7) is 13.8. The van der Waals surface area contributed by atoms with Crippen molar-refractivity contribution in [1.82, 2.24) is 34.6 Å². The molecule has 2 N–H and O–H groups in total. The maximum Gasteiger partial charge on any atom is 0.320 e.